The van der Waals surface area contributed by atoms with Crippen LogP contribution >= 0.6 is 0 Å². The largest absolute Gasteiger partial charge is 0.465 e. The maximum atomic E-state index is 13.2. The van der Waals surface area contributed by atoms with E-state index in [9.17, 15) is 14.4 Å². The van der Waals surface area contributed by atoms with Gasteiger partial charge in [-0.1, -0.05) is 0 Å². The molecule has 0 radical (unpaired) electrons. The highest BCUT2D eigenvalue weighted by molar-refractivity contribution is 6.00. The Morgan fingerprint density at radius 1 is 1.16 bits per heavy atom. The second kappa shape index (κ2) is 10.2. The van der Waals surface area contributed by atoms with Crippen molar-refractivity contribution in [3.8, 4) is 11.5 Å². The highest BCUT2D eigenvalue weighted by Gasteiger charge is 2.71. The molecule has 3 heterocycles. The van der Waals surface area contributed by atoms with Gasteiger partial charge >= 0.3 is 12.1 Å². The lowest BCUT2D eigenvalue weighted by Crippen LogP contribution is -2.65. The van der Waals surface area contributed by atoms with E-state index < -0.39 is 18.0 Å². The monoisotopic (exact) mass is 534 g/mol. The average molecular weight is 535 g/mol. The topological polar surface area (TPSA) is 131 Å². The molecule has 208 valence electrons. The number of rotatable bonds is 11. The van der Waals surface area contributed by atoms with Crippen molar-refractivity contribution in [3.05, 3.63) is 17.7 Å². The first-order valence-corrected chi connectivity index (χ1v) is 12.6. The average Bonchev–Trinajstić information content (AvgIpc) is 3.28. The van der Waals surface area contributed by atoms with Crippen LogP contribution in [0, 0.1) is 11.3 Å². The lowest BCUT2D eigenvalue weighted by molar-refractivity contribution is -0.171. The zero-order chi connectivity index (χ0) is 27.1. The fraction of sp³-hybridized carbons (Fsp3) is 0.654. The number of nitrogens with zero attached hydrogens (tertiary/aromatic N) is 1. The highest BCUT2D eigenvalue weighted by Crippen LogP contribution is 2.65. The summed E-state index contributed by atoms with van der Waals surface area (Å²) in [6, 6.07) is 2.85. The molecule has 1 spiro atoms. The van der Waals surface area contributed by atoms with E-state index in [1.165, 1.54) is 33.5 Å². The Bertz CT molecular complexity index is 1110. The van der Waals surface area contributed by atoms with Gasteiger partial charge in [-0.05, 0) is 44.2 Å². The van der Waals surface area contributed by atoms with Gasteiger partial charge in [0.05, 0.1) is 24.9 Å². The van der Waals surface area contributed by atoms with E-state index >= 15 is 0 Å². The molecule has 5 unspecified atom stereocenters. The van der Waals surface area contributed by atoms with Crippen LogP contribution in [-0.4, -0.2) is 88.7 Å². The van der Waals surface area contributed by atoms with Crippen LogP contribution in [0.1, 0.15) is 43.0 Å². The summed E-state index contributed by atoms with van der Waals surface area (Å²) in [4.78, 5) is 40.1. The molecule has 5 fully saturated rings. The van der Waals surface area contributed by atoms with E-state index in [2.05, 4.69) is 12.2 Å². The molecule has 3 aliphatic heterocycles. The quantitative estimate of drug-likeness (QED) is 0.334. The molecule has 4 bridgehead atoms. The fourth-order valence-corrected chi connectivity index (χ4v) is 6.83. The normalized spacial score (nSPS) is 30.6. The number of amides is 2. The molecule has 1 aromatic carbocycles. The van der Waals surface area contributed by atoms with E-state index in [0.717, 1.165) is 19.3 Å². The van der Waals surface area contributed by atoms with Gasteiger partial charge in [0, 0.05) is 32.6 Å². The molecular formula is C26H34N2O10. The van der Waals surface area contributed by atoms with Crippen molar-refractivity contribution < 1.29 is 47.5 Å². The third-order valence-electron chi connectivity index (χ3n) is 8.21. The van der Waals surface area contributed by atoms with Crippen molar-refractivity contribution in [2.24, 2.45) is 11.3 Å². The lowest BCUT2D eigenvalue weighted by Gasteiger charge is -2.53. The summed E-state index contributed by atoms with van der Waals surface area (Å²) < 4.78 is 38.1. The number of methoxy groups -OCH3 is 3. The SMILES string of the molecule is COCOc1ccc(C(=O)OC)c(OCOC)c1NC(=O)CCN1C(=O)OCC23CC4CC(OC4(C)C2)C13. The molecule has 3 saturated heterocycles. The van der Waals surface area contributed by atoms with Gasteiger partial charge in [-0.15, -0.1) is 0 Å². The summed E-state index contributed by atoms with van der Waals surface area (Å²) >= 11 is 0. The minimum atomic E-state index is -0.661. The van der Waals surface area contributed by atoms with E-state index in [1.807, 2.05) is 0 Å². The first-order valence-electron chi connectivity index (χ1n) is 12.6. The summed E-state index contributed by atoms with van der Waals surface area (Å²) in [7, 11) is 4.13. The first-order chi connectivity index (χ1) is 18.2. The second-order valence-electron chi connectivity index (χ2n) is 10.5. The molecule has 2 amide bonds. The molecular weight excluding hydrogens is 500 g/mol. The van der Waals surface area contributed by atoms with Gasteiger partial charge in [-0.25, -0.2) is 9.59 Å². The maximum absolute atomic E-state index is 13.2. The van der Waals surface area contributed by atoms with Crippen molar-refractivity contribution in [1.82, 2.24) is 4.90 Å². The van der Waals surface area contributed by atoms with Crippen molar-refractivity contribution >= 4 is 23.7 Å². The van der Waals surface area contributed by atoms with Crippen LogP contribution in [0.5, 0.6) is 11.5 Å². The minimum absolute atomic E-state index is 0.0228. The second-order valence-corrected chi connectivity index (χ2v) is 10.5. The van der Waals surface area contributed by atoms with E-state index in [-0.39, 0.29) is 72.5 Å². The summed E-state index contributed by atoms with van der Waals surface area (Å²) in [6.45, 7) is 2.41. The van der Waals surface area contributed by atoms with Gasteiger partial charge in [0.15, 0.2) is 19.3 Å². The van der Waals surface area contributed by atoms with Gasteiger partial charge in [0.1, 0.15) is 23.6 Å². The molecule has 2 saturated carbocycles. The molecule has 12 heteroatoms. The molecule has 2 aliphatic carbocycles. The van der Waals surface area contributed by atoms with Crippen molar-refractivity contribution in [2.45, 2.75) is 50.4 Å². The third-order valence-corrected chi connectivity index (χ3v) is 8.21. The number of benzene rings is 1. The molecule has 38 heavy (non-hydrogen) atoms. The Morgan fingerprint density at radius 3 is 2.63 bits per heavy atom. The van der Waals surface area contributed by atoms with Crippen LogP contribution < -0.4 is 14.8 Å². The zero-order valence-electron chi connectivity index (χ0n) is 22.1. The number of hydrogen-bond donors (Lipinski definition) is 1. The number of nitrogens with one attached hydrogen (secondary N) is 1. The maximum Gasteiger partial charge on any atom is 0.410 e. The van der Waals surface area contributed by atoms with Gasteiger partial charge in [-0.2, -0.15) is 0 Å². The molecule has 5 atom stereocenters. The third kappa shape index (κ3) is 4.44. The number of anilines is 1. The molecule has 0 aromatic heterocycles. The van der Waals surface area contributed by atoms with E-state index in [4.69, 9.17) is 33.2 Å². The van der Waals surface area contributed by atoms with E-state index in [1.54, 1.807) is 4.90 Å². The predicted octanol–water partition coefficient (Wildman–Crippen LogP) is 2.55. The van der Waals surface area contributed by atoms with E-state index in [0.29, 0.717) is 12.5 Å². The molecule has 12 nitrogen and oxygen atoms in total. The van der Waals surface area contributed by atoms with Crippen LogP contribution in [0.3, 0.4) is 0 Å². The van der Waals surface area contributed by atoms with Crippen molar-refractivity contribution in [2.75, 3.05) is 53.4 Å². The van der Waals surface area contributed by atoms with Crippen LogP contribution in [0.15, 0.2) is 12.1 Å². The van der Waals surface area contributed by atoms with Crippen LogP contribution in [-0.2, 0) is 28.5 Å². The number of ether oxygens (including phenoxy) is 7. The van der Waals surface area contributed by atoms with Gasteiger partial charge in [0.25, 0.3) is 0 Å². The smallest absolute Gasteiger partial charge is 0.410 e. The Balaban J connectivity index is 1.35. The predicted molar refractivity (Wildman–Crippen MR) is 131 cm³/mol. The number of cyclic esters (lactones) is 1. The van der Waals surface area contributed by atoms with Crippen LogP contribution in [0.4, 0.5) is 10.5 Å². The molecule has 5 aliphatic rings. The van der Waals surface area contributed by atoms with Gasteiger partial charge in [0.2, 0.25) is 5.91 Å². The molecule has 6 rings (SSSR count). The van der Waals surface area contributed by atoms with Gasteiger partial charge in [-0.3, -0.25) is 4.79 Å². The van der Waals surface area contributed by atoms with Crippen molar-refractivity contribution in [1.29, 1.82) is 0 Å². The minimum Gasteiger partial charge on any atom is -0.465 e. The number of esters is 1. The summed E-state index contributed by atoms with van der Waals surface area (Å²) in [5, 5.41) is 2.78. The lowest BCUT2D eigenvalue weighted by atomic mass is 9.69. The van der Waals surface area contributed by atoms with Crippen molar-refractivity contribution in [3.63, 3.8) is 0 Å². The Labute approximate surface area is 220 Å². The Morgan fingerprint density at radius 2 is 1.92 bits per heavy atom. The Kier molecular flexibility index (Phi) is 7.14. The summed E-state index contributed by atoms with van der Waals surface area (Å²) in [5.41, 5.74) is -0.0914. The highest BCUT2D eigenvalue weighted by atomic mass is 16.7. The Hall–Kier alpha value is -3.09. The summed E-state index contributed by atoms with van der Waals surface area (Å²) in [5.74, 6) is -0.344. The number of carbonyl (C=O) groups is 3. The van der Waals surface area contributed by atoms with Crippen LogP contribution in [0.2, 0.25) is 0 Å². The molecule has 1 N–H and O–H groups in total. The summed E-state index contributed by atoms with van der Waals surface area (Å²) in [6.07, 6.45) is 2.22. The van der Waals surface area contributed by atoms with Crippen LogP contribution in [0.25, 0.3) is 0 Å². The number of hydrogen-bond acceptors (Lipinski definition) is 10. The fourth-order valence-electron chi connectivity index (χ4n) is 6.83. The van der Waals surface area contributed by atoms with Gasteiger partial charge < -0.3 is 43.4 Å². The standard InChI is InChI=1S/C26H34N2O10/c1-25-11-26-10-15(25)9-18(38-25)22(26)28(24(31)35-12-26)8-7-19(29)27-20-17(36-13-32-2)6-5-16(23(30)34-4)21(20)37-14-33-3/h5-6,15,18,22H,7-14H2,1-4H3,(H,27,29). The first kappa shape index (κ1) is 26.5. The zero-order valence-corrected chi connectivity index (χ0v) is 22.1. The molecule has 1 aromatic rings. The number of carbonyl (C=O) groups excluding carboxylic acids is 3.